The summed E-state index contributed by atoms with van der Waals surface area (Å²) in [6, 6.07) is 1.07. The predicted octanol–water partition coefficient (Wildman–Crippen LogP) is 1.22. The van der Waals surface area contributed by atoms with Gasteiger partial charge < -0.3 is 15.3 Å². The molecule has 0 radical (unpaired) electrons. The van der Waals surface area contributed by atoms with Gasteiger partial charge in [0, 0.05) is 12.1 Å². The number of rotatable bonds is 4. The Bertz CT molecular complexity index is 173. The fourth-order valence-corrected chi connectivity index (χ4v) is 2.39. The molecule has 1 aliphatic heterocycles. The fraction of sp³-hybridized carbons (Fsp3) is 1.00. The first-order valence-corrected chi connectivity index (χ1v) is 6.20. The second-order valence-corrected chi connectivity index (χ2v) is 5.08. The van der Waals surface area contributed by atoms with Crippen LogP contribution in [0.3, 0.4) is 0 Å². The largest absolute Gasteiger partial charge is 0.393 e. The van der Waals surface area contributed by atoms with Crippen molar-refractivity contribution in [2.75, 3.05) is 20.1 Å². The maximum Gasteiger partial charge on any atom is 0.0526 e. The van der Waals surface area contributed by atoms with Crippen LogP contribution in [-0.4, -0.2) is 48.3 Å². The van der Waals surface area contributed by atoms with Gasteiger partial charge in [-0.15, -0.1) is 0 Å². The number of aliphatic hydroxyl groups is 1. The molecule has 1 fully saturated rings. The minimum absolute atomic E-state index is 0.194. The van der Waals surface area contributed by atoms with Crippen molar-refractivity contribution in [1.29, 1.82) is 0 Å². The third-order valence-electron chi connectivity index (χ3n) is 3.17. The van der Waals surface area contributed by atoms with Gasteiger partial charge in [-0.3, -0.25) is 0 Å². The predicted molar refractivity (Wildman–Crippen MR) is 64.0 cm³/mol. The lowest BCUT2D eigenvalue weighted by molar-refractivity contribution is 0.167. The number of nitrogens with one attached hydrogen (secondary N) is 1. The average Bonchev–Trinajstić information content (AvgIpc) is 2.29. The Labute approximate surface area is 93.9 Å². The van der Waals surface area contributed by atoms with E-state index in [2.05, 4.69) is 24.2 Å². The molecule has 90 valence electrons. The maximum absolute atomic E-state index is 9.30. The number of nitrogens with zero attached hydrogens (tertiary/aromatic N) is 1. The molecule has 0 aromatic rings. The highest BCUT2D eigenvalue weighted by Gasteiger charge is 2.16. The number of likely N-dealkylation sites (tertiary alicyclic amines) is 1. The summed E-state index contributed by atoms with van der Waals surface area (Å²) < 4.78 is 0. The summed E-state index contributed by atoms with van der Waals surface area (Å²) in [4.78, 5) is 2.40. The van der Waals surface area contributed by atoms with E-state index >= 15 is 0 Å². The van der Waals surface area contributed by atoms with Crippen LogP contribution in [-0.2, 0) is 0 Å². The molecule has 0 aliphatic carbocycles. The number of hydrogen-bond acceptors (Lipinski definition) is 3. The van der Waals surface area contributed by atoms with Crippen molar-refractivity contribution < 1.29 is 5.11 Å². The topological polar surface area (TPSA) is 35.5 Å². The lowest BCUT2D eigenvalue weighted by Gasteiger charge is -2.23. The zero-order chi connectivity index (χ0) is 11.3. The van der Waals surface area contributed by atoms with Crippen molar-refractivity contribution >= 4 is 0 Å². The highest BCUT2D eigenvalue weighted by atomic mass is 16.3. The lowest BCUT2D eigenvalue weighted by Crippen LogP contribution is -2.38. The Morgan fingerprint density at radius 1 is 1.33 bits per heavy atom. The Morgan fingerprint density at radius 2 is 2.07 bits per heavy atom. The SMILES string of the molecule is CC(O)CC(C)NC1CCCN(C)CC1. The summed E-state index contributed by atoms with van der Waals surface area (Å²) in [6.07, 6.45) is 4.46. The zero-order valence-electron chi connectivity index (χ0n) is 10.4. The van der Waals surface area contributed by atoms with E-state index in [1.165, 1.54) is 32.4 Å². The quantitative estimate of drug-likeness (QED) is 0.738. The molecule has 0 amide bonds. The summed E-state index contributed by atoms with van der Waals surface area (Å²) in [7, 11) is 2.20. The van der Waals surface area contributed by atoms with Gasteiger partial charge in [-0.2, -0.15) is 0 Å². The zero-order valence-corrected chi connectivity index (χ0v) is 10.4. The van der Waals surface area contributed by atoms with Crippen molar-refractivity contribution in [3.05, 3.63) is 0 Å². The molecule has 3 heteroatoms. The molecule has 3 atom stereocenters. The molecule has 1 rings (SSSR count). The van der Waals surface area contributed by atoms with Crippen molar-refractivity contribution in [3.8, 4) is 0 Å². The van der Waals surface area contributed by atoms with Gasteiger partial charge in [0.15, 0.2) is 0 Å². The first-order chi connectivity index (χ1) is 7.08. The first kappa shape index (κ1) is 12.9. The summed E-state index contributed by atoms with van der Waals surface area (Å²) in [5.41, 5.74) is 0. The highest BCUT2D eigenvalue weighted by molar-refractivity contribution is 4.77. The van der Waals surface area contributed by atoms with E-state index in [0.717, 1.165) is 6.42 Å². The molecule has 0 spiro atoms. The molecular formula is C12H26N2O. The molecule has 2 N–H and O–H groups in total. The molecule has 1 aliphatic rings. The van der Waals surface area contributed by atoms with Crippen LogP contribution >= 0.6 is 0 Å². The molecule has 3 nitrogen and oxygen atoms in total. The molecule has 0 bridgehead atoms. The van der Waals surface area contributed by atoms with Crippen molar-refractivity contribution in [2.24, 2.45) is 0 Å². The van der Waals surface area contributed by atoms with Crippen LogP contribution in [0.4, 0.5) is 0 Å². The average molecular weight is 214 g/mol. The van der Waals surface area contributed by atoms with Gasteiger partial charge >= 0.3 is 0 Å². The van der Waals surface area contributed by atoms with E-state index in [4.69, 9.17) is 0 Å². The van der Waals surface area contributed by atoms with E-state index in [1.54, 1.807) is 0 Å². The molecule has 15 heavy (non-hydrogen) atoms. The molecule has 1 saturated heterocycles. The smallest absolute Gasteiger partial charge is 0.0526 e. The summed E-state index contributed by atoms with van der Waals surface area (Å²) in [5.74, 6) is 0. The second-order valence-electron chi connectivity index (χ2n) is 5.08. The summed E-state index contributed by atoms with van der Waals surface area (Å²) in [5, 5.41) is 12.9. The van der Waals surface area contributed by atoms with Crippen molar-refractivity contribution in [3.63, 3.8) is 0 Å². The van der Waals surface area contributed by atoms with E-state index < -0.39 is 0 Å². The van der Waals surface area contributed by atoms with Crippen LogP contribution in [0.1, 0.15) is 39.5 Å². The molecular weight excluding hydrogens is 188 g/mol. The van der Waals surface area contributed by atoms with Gasteiger partial charge in [-0.25, -0.2) is 0 Å². The van der Waals surface area contributed by atoms with Crippen LogP contribution in [0.2, 0.25) is 0 Å². The van der Waals surface area contributed by atoms with Gasteiger partial charge in [0.2, 0.25) is 0 Å². The van der Waals surface area contributed by atoms with Gasteiger partial charge in [0.05, 0.1) is 6.10 Å². The molecule has 0 saturated carbocycles. The lowest BCUT2D eigenvalue weighted by atomic mass is 10.1. The first-order valence-electron chi connectivity index (χ1n) is 6.20. The third kappa shape index (κ3) is 5.50. The minimum atomic E-state index is -0.194. The number of aliphatic hydroxyl groups excluding tert-OH is 1. The van der Waals surface area contributed by atoms with Crippen LogP contribution in [0.5, 0.6) is 0 Å². The van der Waals surface area contributed by atoms with Crippen molar-refractivity contribution in [1.82, 2.24) is 10.2 Å². The number of hydrogen-bond donors (Lipinski definition) is 2. The second kappa shape index (κ2) is 6.46. The van der Waals surface area contributed by atoms with Crippen LogP contribution < -0.4 is 5.32 Å². The van der Waals surface area contributed by atoms with Crippen LogP contribution in [0.25, 0.3) is 0 Å². The Morgan fingerprint density at radius 3 is 2.73 bits per heavy atom. The monoisotopic (exact) mass is 214 g/mol. The minimum Gasteiger partial charge on any atom is -0.393 e. The Hall–Kier alpha value is -0.120. The van der Waals surface area contributed by atoms with E-state index in [0.29, 0.717) is 12.1 Å². The summed E-state index contributed by atoms with van der Waals surface area (Å²) >= 11 is 0. The Balaban J connectivity index is 2.24. The van der Waals surface area contributed by atoms with Crippen LogP contribution in [0.15, 0.2) is 0 Å². The van der Waals surface area contributed by atoms with Gasteiger partial charge in [-0.05, 0) is 59.7 Å². The van der Waals surface area contributed by atoms with Crippen LogP contribution in [0, 0.1) is 0 Å². The third-order valence-corrected chi connectivity index (χ3v) is 3.17. The fourth-order valence-electron chi connectivity index (χ4n) is 2.39. The van der Waals surface area contributed by atoms with Crippen molar-refractivity contribution in [2.45, 2.75) is 57.7 Å². The summed E-state index contributed by atoms with van der Waals surface area (Å²) in [6.45, 7) is 6.45. The molecule has 0 aromatic heterocycles. The highest BCUT2D eigenvalue weighted by Crippen LogP contribution is 2.11. The molecule has 3 unspecified atom stereocenters. The maximum atomic E-state index is 9.30. The van der Waals surface area contributed by atoms with E-state index in [-0.39, 0.29) is 6.10 Å². The van der Waals surface area contributed by atoms with E-state index in [1.807, 2.05) is 6.92 Å². The standard InChI is InChI=1S/C12H26N2O/c1-10(9-11(2)15)13-12-5-4-7-14(3)8-6-12/h10-13,15H,4-9H2,1-3H3. The molecule has 0 aromatic carbocycles. The van der Waals surface area contributed by atoms with Gasteiger partial charge in [0.1, 0.15) is 0 Å². The van der Waals surface area contributed by atoms with Gasteiger partial charge in [0.25, 0.3) is 0 Å². The van der Waals surface area contributed by atoms with Gasteiger partial charge in [-0.1, -0.05) is 0 Å². The Kier molecular flexibility index (Phi) is 5.58. The molecule has 1 heterocycles. The van der Waals surface area contributed by atoms with E-state index in [9.17, 15) is 5.11 Å². The normalized spacial score (nSPS) is 28.4.